The van der Waals surface area contributed by atoms with E-state index in [0.717, 1.165) is 13.3 Å². The predicted octanol–water partition coefficient (Wildman–Crippen LogP) is 0.635. The number of hydrogen-bond acceptors (Lipinski definition) is 5. The first-order chi connectivity index (χ1) is 7.65. The molecule has 0 aromatic carbocycles. The number of esters is 1. The van der Waals surface area contributed by atoms with Gasteiger partial charge in [0.2, 0.25) is 0 Å². The maximum atomic E-state index is 11.0. The van der Waals surface area contributed by atoms with Crippen LogP contribution in [0.15, 0.2) is 36.2 Å². The van der Waals surface area contributed by atoms with Gasteiger partial charge in [0.1, 0.15) is 5.82 Å². The first-order valence-electron chi connectivity index (χ1n) is 4.34. The zero-order valence-corrected chi connectivity index (χ0v) is 8.51. The van der Waals surface area contributed by atoms with Gasteiger partial charge >= 0.3 is 11.9 Å². The molecule has 1 heterocycles. The van der Waals surface area contributed by atoms with E-state index in [1.54, 1.807) is 18.2 Å². The molecule has 0 radical (unpaired) electrons. The summed E-state index contributed by atoms with van der Waals surface area (Å²) in [6.45, 7) is 0. The Hall–Kier alpha value is -2.37. The van der Waals surface area contributed by atoms with Gasteiger partial charge in [0.15, 0.2) is 5.57 Å². The minimum atomic E-state index is -1.37. The number of methoxy groups -OCH3 is 1. The minimum absolute atomic E-state index is 0.435. The minimum Gasteiger partial charge on any atom is -0.477 e. The van der Waals surface area contributed by atoms with Crippen molar-refractivity contribution in [3.8, 4) is 0 Å². The van der Waals surface area contributed by atoms with Crippen LogP contribution in [0, 0.1) is 0 Å². The fourth-order valence-electron chi connectivity index (χ4n) is 0.912. The maximum absolute atomic E-state index is 11.0. The van der Waals surface area contributed by atoms with Crippen molar-refractivity contribution in [3.63, 3.8) is 0 Å². The van der Waals surface area contributed by atoms with Crippen LogP contribution in [0.3, 0.4) is 0 Å². The normalized spacial score (nSPS) is 10.7. The van der Waals surface area contributed by atoms with Gasteiger partial charge in [-0.25, -0.2) is 14.6 Å². The number of aromatic nitrogens is 1. The topological polar surface area (TPSA) is 88.5 Å². The molecule has 0 amide bonds. The van der Waals surface area contributed by atoms with Gasteiger partial charge < -0.3 is 15.2 Å². The Morgan fingerprint density at radius 3 is 2.75 bits per heavy atom. The SMILES string of the molecule is COC(=O)/C(=C/Nc1ccccn1)C(=O)O. The van der Waals surface area contributed by atoms with Crippen molar-refractivity contribution in [2.75, 3.05) is 12.4 Å². The lowest BCUT2D eigenvalue weighted by atomic mass is 10.3. The van der Waals surface area contributed by atoms with Gasteiger partial charge in [-0.1, -0.05) is 6.07 Å². The summed E-state index contributed by atoms with van der Waals surface area (Å²) in [6, 6.07) is 5.07. The molecule has 0 saturated carbocycles. The number of carboxylic acid groups (broad SMARTS) is 1. The quantitative estimate of drug-likeness (QED) is 0.336. The van der Waals surface area contributed by atoms with Crippen LogP contribution in [-0.2, 0) is 14.3 Å². The van der Waals surface area contributed by atoms with Crippen LogP contribution in [0.25, 0.3) is 0 Å². The average Bonchev–Trinajstić information content (AvgIpc) is 2.30. The summed E-state index contributed by atoms with van der Waals surface area (Å²) in [5.74, 6) is -1.85. The molecule has 0 unspecified atom stereocenters. The van der Waals surface area contributed by atoms with Crippen LogP contribution < -0.4 is 5.32 Å². The van der Waals surface area contributed by atoms with E-state index in [9.17, 15) is 9.59 Å². The highest BCUT2D eigenvalue weighted by Crippen LogP contribution is 2.03. The number of aliphatic carboxylic acids is 1. The molecular weight excluding hydrogens is 212 g/mol. The Kier molecular flexibility index (Phi) is 4.02. The summed E-state index contributed by atoms with van der Waals surface area (Å²) >= 11 is 0. The molecule has 0 saturated heterocycles. The molecule has 0 fully saturated rings. The number of anilines is 1. The molecule has 2 N–H and O–H groups in total. The van der Waals surface area contributed by atoms with Crippen molar-refractivity contribution < 1.29 is 19.4 Å². The summed E-state index contributed by atoms with van der Waals surface area (Å²) in [7, 11) is 1.11. The van der Waals surface area contributed by atoms with Crippen molar-refractivity contribution in [2.45, 2.75) is 0 Å². The molecule has 0 atom stereocenters. The zero-order chi connectivity index (χ0) is 12.0. The fourth-order valence-corrected chi connectivity index (χ4v) is 0.912. The third kappa shape index (κ3) is 3.09. The van der Waals surface area contributed by atoms with E-state index in [-0.39, 0.29) is 0 Å². The van der Waals surface area contributed by atoms with E-state index in [0.29, 0.717) is 5.82 Å². The van der Waals surface area contributed by atoms with Gasteiger partial charge in [-0.15, -0.1) is 0 Å². The monoisotopic (exact) mass is 222 g/mol. The number of carbonyl (C=O) groups excluding carboxylic acids is 1. The van der Waals surface area contributed by atoms with Gasteiger partial charge in [0, 0.05) is 12.4 Å². The lowest BCUT2D eigenvalue weighted by molar-refractivity contribution is -0.142. The first-order valence-corrected chi connectivity index (χ1v) is 4.34. The highest BCUT2D eigenvalue weighted by Gasteiger charge is 2.17. The second-order valence-electron chi connectivity index (χ2n) is 2.71. The molecule has 84 valence electrons. The number of nitrogens with zero attached hydrogens (tertiary/aromatic N) is 1. The summed E-state index contributed by atoms with van der Waals surface area (Å²) in [5, 5.41) is 11.3. The van der Waals surface area contributed by atoms with Gasteiger partial charge in [-0.05, 0) is 12.1 Å². The molecule has 1 aromatic heterocycles. The van der Waals surface area contributed by atoms with Crippen molar-refractivity contribution in [1.82, 2.24) is 4.98 Å². The van der Waals surface area contributed by atoms with Gasteiger partial charge in [0.25, 0.3) is 0 Å². The molecule has 0 bridgehead atoms. The largest absolute Gasteiger partial charge is 0.477 e. The van der Waals surface area contributed by atoms with Gasteiger partial charge in [-0.3, -0.25) is 0 Å². The van der Waals surface area contributed by atoms with Crippen molar-refractivity contribution in [1.29, 1.82) is 0 Å². The van der Waals surface area contributed by atoms with E-state index in [2.05, 4.69) is 15.0 Å². The fraction of sp³-hybridized carbons (Fsp3) is 0.100. The third-order valence-electron chi connectivity index (χ3n) is 1.66. The lowest BCUT2D eigenvalue weighted by Crippen LogP contribution is -2.15. The van der Waals surface area contributed by atoms with E-state index < -0.39 is 17.5 Å². The molecule has 0 aliphatic carbocycles. The first kappa shape index (κ1) is 11.7. The number of carbonyl (C=O) groups is 2. The second-order valence-corrected chi connectivity index (χ2v) is 2.71. The predicted molar refractivity (Wildman–Crippen MR) is 55.6 cm³/mol. The molecule has 0 aliphatic heterocycles. The molecule has 6 heteroatoms. The number of carboxylic acids is 1. The molecule has 0 aliphatic rings. The second kappa shape index (κ2) is 5.50. The molecule has 0 spiro atoms. The Balaban J connectivity index is 2.81. The third-order valence-corrected chi connectivity index (χ3v) is 1.66. The smallest absolute Gasteiger partial charge is 0.346 e. The van der Waals surface area contributed by atoms with Crippen LogP contribution in [0.5, 0.6) is 0 Å². The van der Waals surface area contributed by atoms with Gasteiger partial charge in [-0.2, -0.15) is 0 Å². The Bertz CT molecular complexity index is 414. The number of rotatable bonds is 4. The van der Waals surface area contributed by atoms with E-state index in [4.69, 9.17) is 5.11 Å². The summed E-state index contributed by atoms with van der Waals surface area (Å²) in [4.78, 5) is 25.6. The summed E-state index contributed by atoms with van der Waals surface area (Å²) in [5.41, 5.74) is -0.492. The molecule has 6 nitrogen and oxygen atoms in total. The van der Waals surface area contributed by atoms with Gasteiger partial charge in [0.05, 0.1) is 7.11 Å². The van der Waals surface area contributed by atoms with E-state index >= 15 is 0 Å². The Labute approximate surface area is 91.6 Å². The number of ether oxygens (including phenoxy) is 1. The number of pyridine rings is 1. The standard InChI is InChI=1S/C10H10N2O4/c1-16-10(15)7(9(13)14)6-12-8-4-2-3-5-11-8/h2-6H,1H3,(H,11,12)(H,13,14)/b7-6+. The van der Waals surface area contributed by atoms with Crippen LogP contribution in [0.4, 0.5) is 5.82 Å². The summed E-state index contributed by atoms with van der Waals surface area (Å²) in [6.07, 6.45) is 2.57. The van der Waals surface area contributed by atoms with Crippen molar-refractivity contribution in [3.05, 3.63) is 36.2 Å². The number of nitrogens with one attached hydrogen (secondary N) is 1. The molecular formula is C10H10N2O4. The van der Waals surface area contributed by atoms with Crippen molar-refractivity contribution in [2.24, 2.45) is 0 Å². The lowest BCUT2D eigenvalue weighted by Gasteiger charge is -2.02. The van der Waals surface area contributed by atoms with Crippen LogP contribution >= 0.6 is 0 Å². The van der Waals surface area contributed by atoms with Crippen LogP contribution in [0.1, 0.15) is 0 Å². The number of hydrogen-bond donors (Lipinski definition) is 2. The van der Waals surface area contributed by atoms with Crippen LogP contribution in [-0.4, -0.2) is 29.1 Å². The maximum Gasteiger partial charge on any atom is 0.346 e. The molecule has 1 rings (SSSR count). The van der Waals surface area contributed by atoms with Crippen LogP contribution in [0.2, 0.25) is 0 Å². The van der Waals surface area contributed by atoms with E-state index in [1.165, 1.54) is 6.20 Å². The zero-order valence-electron chi connectivity index (χ0n) is 8.51. The van der Waals surface area contributed by atoms with Crippen molar-refractivity contribution >= 4 is 17.8 Å². The average molecular weight is 222 g/mol. The Morgan fingerprint density at radius 2 is 2.25 bits per heavy atom. The summed E-state index contributed by atoms with van der Waals surface area (Å²) < 4.78 is 4.31. The Morgan fingerprint density at radius 1 is 1.50 bits per heavy atom. The van der Waals surface area contributed by atoms with E-state index in [1.807, 2.05) is 0 Å². The molecule has 16 heavy (non-hydrogen) atoms. The highest BCUT2D eigenvalue weighted by molar-refractivity contribution is 6.13. The highest BCUT2D eigenvalue weighted by atomic mass is 16.5. The molecule has 1 aromatic rings.